The normalized spacial score (nSPS) is 10.8. The summed E-state index contributed by atoms with van der Waals surface area (Å²) >= 11 is 2.68. The van der Waals surface area contributed by atoms with Crippen LogP contribution in [0.4, 0.5) is 0 Å². The van der Waals surface area contributed by atoms with Gasteiger partial charge in [0.1, 0.15) is 17.2 Å². The molecule has 0 spiro atoms. The largest absolute Gasteiger partial charge is 0.497 e. The zero-order valence-electron chi connectivity index (χ0n) is 15.2. The summed E-state index contributed by atoms with van der Waals surface area (Å²) in [5.41, 5.74) is 3.94. The molecule has 3 aromatic rings. The van der Waals surface area contributed by atoms with Crippen LogP contribution in [0.15, 0.2) is 52.0 Å². The van der Waals surface area contributed by atoms with E-state index >= 15 is 0 Å². The van der Waals surface area contributed by atoms with Gasteiger partial charge in [0.05, 0.1) is 26.2 Å². The second-order valence-electron chi connectivity index (χ2n) is 5.28. The Morgan fingerprint density at radius 3 is 2.89 bits per heavy atom. The number of benzene rings is 1. The number of thioether (sulfide) groups is 1. The number of rotatable bonds is 8. The van der Waals surface area contributed by atoms with E-state index in [2.05, 4.69) is 25.7 Å². The van der Waals surface area contributed by atoms with Gasteiger partial charge in [0.2, 0.25) is 0 Å². The number of hydrogen-bond donors (Lipinski definition) is 1. The molecular weight excluding hydrogens is 398 g/mol. The molecule has 0 bridgehead atoms. The number of ether oxygens (including phenoxy) is 2. The minimum atomic E-state index is -0.252. The zero-order chi connectivity index (χ0) is 19.8. The second-order valence-corrected chi connectivity index (χ2v) is 7.48. The number of hydrogen-bond acceptors (Lipinski definition) is 9. The van der Waals surface area contributed by atoms with E-state index in [1.165, 1.54) is 29.3 Å². The lowest BCUT2D eigenvalue weighted by Gasteiger charge is -2.06. The van der Waals surface area contributed by atoms with E-state index in [-0.39, 0.29) is 11.7 Å². The van der Waals surface area contributed by atoms with Crippen molar-refractivity contribution >= 4 is 35.2 Å². The van der Waals surface area contributed by atoms with Gasteiger partial charge < -0.3 is 9.47 Å². The van der Waals surface area contributed by atoms with Crippen LogP contribution < -0.4 is 14.9 Å². The molecule has 0 saturated carbocycles. The Hall–Kier alpha value is -2.98. The highest BCUT2D eigenvalue weighted by Crippen LogP contribution is 2.27. The molecule has 10 heteroatoms. The van der Waals surface area contributed by atoms with Crippen LogP contribution in [0, 0.1) is 0 Å². The number of pyridine rings is 1. The third-order valence-corrected chi connectivity index (χ3v) is 5.53. The maximum absolute atomic E-state index is 12.0. The van der Waals surface area contributed by atoms with E-state index in [1.54, 1.807) is 38.6 Å². The van der Waals surface area contributed by atoms with Crippen LogP contribution in [0.2, 0.25) is 0 Å². The molecule has 0 aliphatic rings. The Morgan fingerprint density at radius 2 is 2.14 bits per heavy atom. The molecule has 0 atom stereocenters. The zero-order valence-corrected chi connectivity index (χ0v) is 16.8. The van der Waals surface area contributed by atoms with Crippen molar-refractivity contribution in [1.82, 2.24) is 20.6 Å². The van der Waals surface area contributed by atoms with E-state index < -0.39 is 0 Å². The minimum Gasteiger partial charge on any atom is -0.497 e. The summed E-state index contributed by atoms with van der Waals surface area (Å²) in [6.07, 6.45) is 3.21. The molecule has 2 heterocycles. The fraction of sp³-hybridized carbons (Fsp3) is 0.167. The highest BCUT2D eigenvalue weighted by atomic mass is 32.2. The van der Waals surface area contributed by atoms with E-state index in [0.29, 0.717) is 26.4 Å². The summed E-state index contributed by atoms with van der Waals surface area (Å²) in [7, 11) is 3.14. The summed E-state index contributed by atoms with van der Waals surface area (Å²) in [6.45, 7) is 0. The first-order valence-electron chi connectivity index (χ1n) is 8.11. The smallest absolute Gasteiger partial charge is 0.250 e. The number of hydrazone groups is 1. The SMILES string of the molecule is COc1ccc(OC)c(/C=N/NC(=O)CSc2nnc(-c3ccccn3)s2)c1. The molecule has 28 heavy (non-hydrogen) atoms. The summed E-state index contributed by atoms with van der Waals surface area (Å²) in [5.74, 6) is 1.22. The minimum absolute atomic E-state index is 0.170. The van der Waals surface area contributed by atoms with Crippen LogP contribution >= 0.6 is 23.1 Å². The van der Waals surface area contributed by atoms with Crippen molar-refractivity contribution in [2.45, 2.75) is 4.34 Å². The van der Waals surface area contributed by atoms with Gasteiger partial charge in [0.15, 0.2) is 9.35 Å². The average Bonchev–Trinajstić information content (AvgIpc) is 3.22. The highest BCUT2D eigenvalue weighted by molar-refractivity contribution is 8.01. The van der Waals surface area contributed by atoms with Crippen LogP contribution in [0.5, 0.6) is 11.5 Å². The first kappa shape index (κ1) is 19.8. The Balaban J connectivity index is 1.53. The van der Waals surface area contributed by atoms with Crippen LogP contribution in [0.25, 0.3) is 10.7 Å². The van der Waals surface area contributed by atoms with Gasteiger partial charge in [-0.3, -0.25) is 9.78 Å². The van der Waals surface area contributed by atoms with E-state index in [0.717, 1.165) is 5.69 Å². The Bertz CT molecular complexity index is 963. The molecule has 1 N–H and O–H groups in total. The number of aromatic nitrogens is 3. The van der Waals surface area contributed by atoms with Crippen molar-refractivity contribution in [2.24, 2.45) is 5.10 Å². The van der Waals surface area contributed by atoms with Crippen molar-refractivity contribution in [1.29, 1.82) is 0 Å². The average molecular weight is 416 g/mol. The van der Waals surface area contributed by atoms with Crippen molar-refractivity contribution in [3.05, 3.63) is 48.2 Å². The fourth-order valence-electron chi connectivity index (χ4n) is 2.13. The third kappa shape index (κ3) is 5.27. The van der Waals surface area contributed by atoms with Gasteiger partial charge in [-0.2, -0.15) is 5.10 Å². The predicted octanol–water partition coefficient (Wildman–Crippen LogP) is 2.86. The molecule has 0 unspecified atom stereocenters. The summed E-state index contributed by atoms with van der Waals surface area (Å²) in [6, 6.07) is 10.9. The van der Waals surface area contributed by atoms with Gasteiger partial charge in [-0.1, -0.05) is 29.2 Å². The van der Waals surface area contributed by atoms with Gasteiger partial charge in [0.25, 0.3) is 5.91 Å². The van der Waals surface area contributed by atoms with Crippen molar-refractivity contribution < 1.29 is 14.3 Å². The monoisotopic (exact) mass is 415 g/mol. The van der Waals surface area contributed by atoms with E-state index in [9.17, 15) is 4.79 Å². The molecular formula is C18H17N5O3S2. The first-order chi connectivity index (χ1) is 13.7. The lowest BCUT2D eigenvalue weighted by Crippen LogP contribution is -2.19. The van der Waals surface area contributed by atoms with Crippen molar-refractivity contribution in [3.63, 3.8) is 0 Å². The molecule has 0 fully saturated rings. The van der Waals surface area contributed by atoms with Crippen LogP contribution in [0.1, 0.15) is 5.56 Å². The van der Waals surface area contributed by atoms with Crippen LogP contribution in [0.3, 0.4) is 0 Å². The predicted molar refractivity (Wildman–Crippen MR) is 109 cm³/mol. The Kier molecular flexibility index (Phi) is 6.93. The lowest BCUT2D eigenvalue weighted by atomic mass is 10.2. The van der Waals surface area contributed by atoms with Gasteiger partial charge in [-0.05, 0) is 30.3 Å². The third-order valence-electron chi connectivity index (χ3n) is 3.45. The molecule has 1 aromatic carbocycles. The number of carbonyl (C=O) groups is 1. The van der Waals surface area contributed by atoms with Gasteiger partial charge in [-0.25, -0.2) is 5.43 Å². The number of amides is 1. The van der Waals surface area contributed by atoms with Crippen molar-refractivity contribution in [3.8, 4) is 22.2 Å². The Labute approximate surface area is 170 Å². The topological polar surface area (TPSA) is 98.6 Å². The van der Waals surface area contributed by atoms with E-state index in [1.807, 2.05) is 18.2 Å². The molecule has 0 aliphatic heterocycles. The Morgan fingerprint density at radius 1 is 1.25 bits per heavy atom. The van der Waals surface area contributed by atoms with Gasteiger partial charge in [-0.15, -0.1) is 10.2 Å². The summed E-state index contributed by atoms with van der Waals surface area (Å²) < 4.78 is 11.1. The summed E-state index contributed by atoms with van der Waals surface area (Å²) in [5, 5.41) is 12.9. The number of nitrogens with one attached hydrogen (secondary N) is 1. The highest BCUT2D eigenvalue weighted by Gasteiger charge is 2.10. The number of methoxy groups -OCH3 is 2. The van der Waals surface area contributed by atoms with E-state index in [4.69, 9.17) is 9.47 Å². The quantitative estimate of drug-likeness (QED) is 0.343. The van der Waals surface area contributed by atoms with Gasteiger partial charge >= 0.3 is 0 Å². The molecule has 0 radical (unpaired) electrons. The molecule has 0 saturated heterocycles. The molecule has 0 aliphatic carbocycles. The molecule has 8 nitrogen and oxygen atoms in total. The summed E-state index contributed by atoms with van der Waals surface area (Å²) in [4.78, 5) is 16.2. The second kappa shape index (κ2) is 9.81. The maximum Gasteiger partial charge on any atom is 0.250 e. The maximum atomic E-state index is 12.0. The van der Waals surface area contributed by atoms with Crippen LogP contribution in [-0.2, 0) is 4.79 Å². The lowest BCUT2D eigenvalue weighted by molar-refractivity contribution is -0.118. The van der Waals surface area contributed by atoms with Crippen LogP contribution in [-0.4, -0.2) is 47.3 Å². The molecule has 3 rings (SSSR count). The molecule has 144 valence electrons. The van der Waals surface area contributed by atoms with Gasteiger partial charge in [0, 0.05) is 11.8 Å². The molecule has 2 aromatic heterocycles. The van der Waals surface area contributed by atoms with Crippen molar-refractivity contribution in [2.75, 3.05) is 20.0 Å². The number of nitrogens with zero attached hydrogens (tertiary/aromatic N) is 4. The standard InChI is InChI=1S/C18H17N5O3S2/c1-25-13-6-7-15(26-2)12(9-13)10-20-21-16(24)11-27-18-23-22-17(28-18)14-5-3-4-8-19-14/h3-10H,11H2,1-2H3,(H,21,24)/b20-10+. The molecule has 1 amide bonds. The first-order valence-corrected chi connectivity index (χ1v) is 9.91. The number of carbonyl (C=O) groups excluding carboxylic acids is 1. The fourth-order valence-corrected chi connectivity index (χ4v) is 3.76.